The van der Waals surface area contributed by atoms with E-state index in [0.29, 0.717) is 34.4 Å². The number of hydrogen-bond acceptors (Lipinski definition) is 7. The number of nitrogens with zero attached hydrogens (tertiary/aromatic N) is 1. The molecule has 0 unspecified atom stereocenters. The predicted molar refractivity (Wildman–Crippen MR) is 98.2 cm³/mol. The van der Waals surface area contributed by atoms with Crippen molar-refractivity contribution >= 4 is 28.8 Å². The molecule has 7 heteroatoms. The Hall–Kier alpha value is -2.76. The van der Waals surface area contributed by atoms with Gasteiger partial charge >= 0.3 is 0 Å². The van der Waals surface area contributed by atoms with Crippen LogP contribution in [0.25, 0.3) is 0 Å². The molecule has 128 valence electrons. The Bertz CT molecular complexity index is 671. The number of ether oxygens (including phenoxy) is 4. The highest BCUT2D eigenvalue weighted by Gasteiger charge is 2.07. The summed E-state index contributed by atoms with van der Waals surface area (Å²) in [6.07, 6.45) is 0. The maximum absolute atomic E-state index is 5.65. The molecule has 0 aliphatic rings. The highest BCUT2D eigenvalue weighted by Crippen LogP contribution is 2.36. The largest absolute Gasteiger partial charge is 0.494 e. The van der Waals surface area contributed by atoms with E-state index >= 15 is 0 Å². The van der Waals surface area contributed by atoms with Gasteiger partial charge in [0, 0.05) is 0 Å². The molecule has 0 spiro atoms. The smallest absolute Gasteiger partial charge is 0.158 e. The van der Waals surface area contributed by atoms with Gasteiger partial charge in [0.1, 0.15) is 28.7 Å². The molecule has 0 atom stereocenters. The topological polar surface area (TPSA) is 75.3 Å². The van der Waals surface area contributed by atoms with Crippen molar-refractivity contribution in [2.45, 2.75) is 0 Å². The van der Waals surface area contributed by atoms with Gasteiger partial charge in [0.15, 0.2) is 5.69 Å². The fourth-order valence-electron chi connectivity index (χ4n) is 1.87. The number of benzene rings is 2. The molecule has 6 nitrogen and oxygen atoms in total. The number of hydrogen-bond donors (Lipinski definition) is 1. The van der Waals surface area contributed by atoms with E-state index in [2.05, 4.69) is 22.4 Å². The standard InChI is InChI=1S/C9H9NO2S.C8H11NO2/c1-11-7-4-3-5-8(12-2)9(7)10-6-13;1-10-6-4-3-5-7(11-2)8(6)9/h3-5H,1-2H3;3-5H,9H2,1-2H3. The molecule has 0 bridgehead atoms. The third-order valence-corrected chi connectivity index (χ3v) is 3.12. The minimum atomic E-state index is 0.539. The van der Waals surface area contributed by atoms with Crippen molar-refractivity contribution in [3.05, 3.63) is 36.4 Å². The van der Waals surface area contributed by atoms with Crippen LogP contribution < -0.4 is 24.7 Å². The van der Waals surface area contributed by atoms with E-state index in [4.69, 9.17) is 24.7 Å². The van der Waals surface area contributed by atoms with Crippen molar-refractivity contribution in [3.63, 3.8) is 0 Å². The van der Waals surface area contributed by atoms with Crippen molar-refractivity contribution in [1.29, 1.82) is 0 Å². The van der Waals surface area contributed by atoms with E-state index in [1.54, 1.807) is 52.7 Å². The third kappa shape index (κ3) is 4.87. The van der Waals surface area contributed by atoms with Crippen LogP contribution in [0.3, 0.4) is 0 Å². The molecule has 0 heterocycles. The molecule has 0 aliphatic heterocycles. The van der Waals surface area contributed by atoms with Crippen LogP contribution in [0.15, 0.2) is 41.4 Å². The summed E-state index contributed by atoms with van der Waals surface area (Å²) >= 11 is 4.52. The fraction of sp³-hybridized carbons (Fsp3) is 0.235. The summed E-state index contributed by atoms with van der Waals surface area (Å²) in [5, 5.41) is 2.28. The van der Waals surface area contributed by atoms with Crippen LogP contribution in [0, 0.1) is 0 Å². The minimum absolute atomic E-state index is 0.539. The average molecular weight is 348 g/mol. The number of nitrogen functional groups attached to an aromatic ring is 1. The van der Waals surface area contributed by atoms with Gasteiger partial charge in [-0.2, -0.15) is 4.99 Å². The number of nitrogens with two attached hydrogens (primary N) is 1. The molecule has 24 heavy (non-hydrogen) atoms. The summed E-state index contributed by atoms with van der Waals surface area (Å²) in [5.41, 5.74) is 6.77. The molecule has 0 aliphatic carbocycles. The van der Waals surface area contributed by atoms with Crippen molar-refractivity contribution in [1.82, 2.24) is 0 Å². The first-order valence-electron chi connectivity index (χ1n) is 6.88. The van der Waals surface area contributed by atoms with Gasteiger partial charge in [-0.05, 0) is 36.5 Å². The molecule has 2 aromatic carbocycles. The molecule has 0 saturated carbocycles. The Morgan fingerprint density at radius 1 is 0.792 bits per heavy atom. The lowest BCUT2D eigenvalue weighted by molar-refractivity contribution is 0.397. The van der Waals surface area contributed by atoms with Gasteiger partial charge in [-0.3, -0.25) is 0 Å². The lowest BCUT2D eigenvalue weighted by Gasteiger charge is -2.07. The number of methoxy groups -OCH3 is 4. The second-order valence-electron chi connectivity index (χ2n) is 4.29. The first-order chi connectivity index (χ1) is 11.6. The minimum Gasteiger partial charge on any atom is -0.494 e. The van der Waals surface area contributed by atoms with E-state index in [-0.39, 0.29) is 0 Å². The van der Waals surface area contributed by atoms with Gasteiger partial charge < -0.3 is 24.7 Å². The predicted octanol–water partition coefficient (Wildman–Crippen LogP) is 3.72. The summed E-state index contributed by atoms with van der Waals surface area (Å²) in [5.74, 6) is 2.53. The lowest BCUT2D eigenvalue weighted by atomic mass is 10.3. The maximum Gasteiger partial charge on any atom is 0.158 e. The third-order valence-electron chi connectivity index (χ3n) is 3.03. The Labute approximate surface area is 146 Å². The summed E-state index contributed by atoms with van der Waals surface area (Å²) in [7, 11) is 6.28. The van der Waals surface area contributed by atoms with Crippen LogP contribution in [0.4, 0.5) is 11.4 Å². The lowest BCUT2D eigenvalue weighted by Crippen LogP contribution is -1.95. The van der Waals surface area contributed by atoms with E-state index in [1.165, 1.54) is 0 Å². The molecule has 2 aromatic rings. The van der Waals surface area contributed by atoms with Crippen LogP contribution in [-0.4, -0.2) is 33.6 Å². The van der Waals surface area contributed by atoms with Crippen LogP contribution in [0.5, 0.6) is 23.0 Å². The molecule has 0 fully saturated rings. The number of anilines is 1. The zero-order chi connectivity index (χ0) is 17.9. The van der Waals surface area contributed by atoms with Gasteiger partial charge in [0.25, 0.3) is 0 Å². The van der Waals surface area contributed by atoms with Crippen molar-refractivity contribution in [2.75, 3.05) is 34.2 Å². The molecule has 0 aromatic heterocycles. The number of thiocarbonyl (C=S) groups is 1. The Morgan fingerprint density at radius 3 is 1.50 bits per heavy atom. The van der Waals surface area contributed by atoms with Crippen LogP contribution in [0.1, 0.15) is 0 Å². The summed E-state index contributed by atoms with van der Waals surface area (Å²) in [6.45, 7) is 0. The van der Waals surface area contributed by atoms with Crippen molar-refractivity contribution in [3.8, 4) is 23.0 Å². The van der Waals surface area contributed by atoms with Crippen LogP contribution in [0.2, 0.25) is 0 Å². The Kier molecular flexibility index (Phi) is 8.11. The Morgan fingerprint density at radius 2 is 1.17 bits per heavy atom. The summed E-state index contributed by atoms with van der Waals surface area (Å²) in [6, 6.07) is 10.8. The maximum atomic E-state index is 5.65. The number of isothiocyanates is 1. The molecule has 0 saturated heterocycles. The second-order valence-corrected chi connectivity index (χ2v) is 4.47. The summed E-state index contributed by atoms with van der Waals surface area (Å²) in [4.78, 5) is 3.86. The zero-order valence-electron chi connectivity index (χ0n) is 14.0. The van der Waals surface area contributed by atoms with Crippen molar-refractivity contribution < 1.29 is 18.9 Å². The average Bonchev–Trinajstić information content (AvgIpc) is 2.63. The second kappa shape index (κ2) is 10.1. The first-order valence-corrected chi connectivity index (χ1v) is 7.29. The van der Waals surface area contributed by atoms with Gasteiger partial charge in [0.05, 0.1) is 33.6 Å². The fourth-order valence-corrected chi connectivity index (χ4v) is 1.96. The highest BCUT2D eigenvalue weighted by molar-refractivity contribution is 7.78. The number of aliphatic imine (C=N–C) groups is 1. The quantitative estimate of drug-likeness (QED) is 0.504. The Balaban J connectivity index is 0.000000243. The molecular weight excluding hydrogens is 328 g/mol. The van der Waals surface area contributed by atoms with Crippen LogP contribution in [-0.2, 0) is 0 Å². The van der Waals surface area contributed by atoms with Crippen molar-refractivity contribution in [2.24, 2.45) is 4.99 Å². The summed E-state index contributed by atoms with van der Waals surface area (Å²) < 4.78 is 20.1. The van der Waals surface area contributed by atoms with Gasteiger partial charge in [-0.15, -0.1) is 0 Å². The van der Waals surface area contributed by atoms with E-state index in [1.807, 2.05) is 12.1 Å². The van der Waals surface area contributed by atoms with E-state index < -0.39 is 0 Å². The SMILES string of the molecule is COc1cccc(OC)c1N.COc1cccc(OC)c1N=C=S. The molecule has 2 N–H and O–H groups in total. The number of rotatable bonds is 5. The van der Waals surface area contributed by atoms with Gasteiger partial charge in [0.2, 0.25) is 0 Å². The van der Waals surface area contributed by atoms with Gasteiger partial charge in [-0.25, -0.2) is 0 Å². The molecule has 0 amide bonds. The molecule has 0 radical (unpaired) electrons. The number of para-hydroxylation sites is 2. The highest BCUT2D eigenvalue weighted by atomic mass is 32.1. The zero-order valence-corrected chi connectivity index (χ0v) is 14.8. The van der Waals surface area contributed by atoms with Crippen LogP contribution >= 0.6 is 12.2 Å². The molecular formula is C17H20N2O4S. The normalized spacial score (nSPS) is 9.00. The van der Waals surface area contributed by atoms with E-state index in [9.17, 15) is 0 Å². The first kappa shape index (κ1) is 19.3. The molecule has 2 rings (SSSR count). The van der Waals surface area contributed by atoms with Gasteiger partial charge in [-0.1, -0.05) is 12.1 Å². The monoisotopic (exact) mass is 348 g/mol. The van der Waals surface area contributed by atoms with E-state index in [0.717, 1.165) is 0 Å².